The number of furan rings is 1. The van der Waals surface area contributed by atoms with E-state index < -0.39 is 0 Å². The number of hydrogen-bond donors (Lipinski definition) is 1. The predicted octanol–water partition coefficient (Wildman–Crippen LogP) is 3.15. The summed E-state index contributed by atoms with van der Waals surface area (Å²) in [6.45, 7) is 3.80. The van der Waals surface area contributed by atoms with Crippen LogP contribution in [0.5, 0.6) is 5.75 Å². The second-order valence-electron chi connectivity index (χ2n) is 5.36. The monoisotopic (exact) mass is 328 g/mol. The Hall–Kier alpha value is -2.60. The fourth-order valence-corrected chi connectivity index (χ4v) is 2.45. The fraction of sp³-hybridized carbons (Fsp3) is 0.333. The number of hydrogen-bond acceptors (Lipinski definition) is 5. The van der Waals surface area contributed by atoms with E-state index >= 15 is 0 Å². The smallest absolute Gasteiger partial charge is 0.287 e. The summed E-state index contributed by atoms with van der Waals surface area (Å²) in [5.74, 6) is 0.746. The molecule has 0 saturated heterocycles. The molecule has 3 aromatic rings. The standard InChI is InChI=1S/C18H20N2O4/c1-3-23-8-4-7-19-17(21)16-10-13-9-12-5-6-14(22-2)11-15(12)20-18(13)24-16/h5-6,9-11H,3-4,7-8H2,1-2H3,(H,19,21). The van der Waals surface area contributed by atoms with Crippen LogP contribution in [-0.2, 0) is 4.74 Å². The van der Waals surface area contributed by atoms with E-state index in [0.717, 1.165) is 28.5 Å². The molecule has 1 amide bonds. The molecule has 0 aliphatic rings. The van der Waals surface area contributed by atoms with Gasteiger partial charge in [0.05, 0.1) is 12.6 Å². The lowest BCUT2D eigenvalue weighted by Gasteiger charge is -2.02. The number of pyridine rings is 1. The van der Waals surface area contributed by atoms with Crippen LogP contribution in [0.2, 0.25) is 0 Å². The van der Waals surface area contributed by atoms with Gasteiger partial charge in [0.15, 0.2) is 5.76 Å². The van der Waals surface area contributed by atoms with Crippen LogP contribution in [-0.4, -0.2) is 37.8 Å². The van der Waals surface area contributed by atoms with Crippen LogP contribution >= 0.6 is 0 Å². The Labute approximate surface area is 139 Å². The molecule has 1 N–H and O–H groups in total. The van der Waals surface area contributed by atoms with Crippen LogP contribution in [0.3, 0.4) is 0 Å². The first-order chi connectivity index (χ1) is 11.7. The summed E-state index contributed by atoms with van der Waals surface area (Å²) < 4.78 is 16.0. The molecule has 3 rings (SSSR count). The van der Waals surface area contributed by atoms with Crippen LogP contribution in [0.4, 0.5) is 0 Å². The molecule has 0 spiro atoms. The second-order valence-corrected chi connectivity index (χ2v) is 5.36. The first kappa shape index (κ1) is 16.3. The predicted molar refractivity (Wildman–Crippen MR) is 91.5 cm³/mol. The number of nitrogens with one attached hydrogen (secondary N) is 1. The molecule has 1 aromatic carbocycles. The Kier molecular flexibility index (Phi) is 4.96. The molecule has 6 nitrogen and oxygen atoms in total. The summed E-state index contributed by atoms with van der Waals surface area (Å²) in [6.07, 6.45) is 0.766. The topological polar surface area (TPSA) is 73.6 Å². The highest BCUT2D eigenvalue weighted by Crippen LogP contribution is 2.25. The minimum Gasteiger partial charge on any atom is -0.497 e. The maximum atomic E-state index is 12.1. The molecular formula is C18H20N2O4. The van der Waals surface area contributed by atoms with Gasteiger partial charge in [-0.25, -0.2) is 4.98 Å². The number of benzene rings is 1. The third-order valence-corrected chi connectivity index (χ3v) is 3.69. The Morgan fingerprint density at radius 3 is 2.92 bits per heavy atom. The van der Waals surface area contributed by atoms with Gasteiger partial charge in [-0.05, 0) is 37.6 Å². The molecule has 0 atom stereocenters. The van der Waals surface area contributed by atoms with E-state index in [9.17, 15) is 4.79 Å². The molecule has 0 aliphatic heterocycles. The third kappa shape index (κ3) is 3.49. The number of carbonyl (C=O) groups excluding carboxylic acids is 1. The van der Waals surface area contributed by atoms with E-state index in [1.807, 2.05) is 31.2 Å². The largest absolute Gasteiger partial charge is 0.497 e. The molecule has 0 unspecified atom stereocenters. The van der Waals surface area contributed by atoms with Crippen molar-refractivity contribution >= 4 is 27.9 Å². The van der Waals surface area contributed by atoms with Crippen LogP contribution in [0.15, 0.2) is 34.7 Å². The maximum Gasteiger partial charge on any atom is 0.287 e. The Balaban J connectivity index is 1.77. The second kappa shape index (κ2) is 7.31. The van der Waals surface area contributed by atoms with Gasteiger partial charge < -0.3 is 19.2 Å². The molecule has 0 bridgehead atoms. The minimum absolute atomic E-state index is 0.244. The molecule has 0 saturated carbocycles. The Morgan fingerprint density at radius 2 is 2.12 bits per heavy atom. The van der Waals surface area contributed by atoms with Gasteiger partial charge in [0.2, 0.25) is 5.71 Å². The first-order valence-corrected chi connectivity index (χ1v) is 7.95. The zero-order valence-corrected chi connectivity index (χ0v) is 13.8. The van der Waals surface area contributed by atoms with Crippen molar-refractivity contribution in [1.29, 1.82) is 0 Å². The Bertz CT molecular complexity index is 857. The lowest BCUT2D eigenvalue weighted by molar-refractivity contribution is 0.0918. The van der Waals surface area contributed by atoms with Crippen molar-refractivity contribution in [1.82, 2.24) is 10.3 Å². The van der Waals surface area contributed by atoms with Crippen molar-refractivity contribution < 1.29 is 18.7 Å². The molecule has 126 valence electrons. The van der Waals surface area contributed by atoms with Gasteiger partial charge in [0, 0.05) is 36.6 Å². The summed E-state index contributed by atoms with van der Waals surface area (Å²) in [5, 5.41) is 4.58. The number of aromatic nitrogens is 1. The number of methoxy groups -OCH3 is 1. The van der Waals surface area contributed by atoms with Gasteiger partial charge >= 0.3 is 0 Å². The van der Waals surface area contributed by atoms with Gasteiger partial charge in [0.1, 0.15) is 5.75 Å². The quantitative estimate of drug-likeness (QED) is 0.675. The molecule has 2 heterocycles. The van der Waals surface area contributed by atoms with Gasteiger partial charge in [-0.15, -0.1) is 0 Å². The zero-order chi connectivity index (χ0) is 16.9. The molecule has 0 fully saturated rings. The van der Waals surface area contributed by atoms with Crippen molar-refractivity contribution in [2.24, 2.45) is 0 Å². The minimum atomic E-state index is -0.244. The van der Waals surface area contributed by atoms with E-state index in [0.29, 0.717) is 25.5 Å². The fourth-order valence-electron chi connectivity index (χ4n) is 2.45. The average Bonchev–Trinajstić information content (AvgIpc) is 3.01. The summed E-state index contributed by atoms with van der Waals surface area (Å²) in [5.41, 5.74) is 1.20. The van der Waals surface area contributed by atoms with Crippen LogP contribution < -0.4 is 10.1 Å². The highest BCUT2D eigenvalue weighted by atomic mass is 16.5. The highest BCUT2D eigenvalue weighted by molar-refractivity contribution is 5.98. The van der Waals surface area contributed by atoms with Crippen molar-refractivity contribution in [3.05, 3.63) is 36.1 Å². The lowest BCUT2D eigenvalue weighted by Crippen LogP contribution is -2.24. The van der Waals surface area contributed by atoms with Crippen molar-refractivity contribution in [2.75, 3.05) is 26.9 Å². The molecule has 2 aromatic heterocycles. The van der Waals surface area contributed by atoms with Crippen LogP contribution in [0.1, 0.15) is 23.9 Å². The number of fused-ring (bicyclic) bond motifs is 2. The first-order valence-electron chi connectivity index (χ1n) is 7.95. The number of nitrogens with zero attached hydrogens (tertiary/aromatic N) is 1. The van der Waals surface area contributed by atoms with E-state index in [4.69, 9.17) is 13.9 Å². The third-order valence-electron chi connectivity index (χ3n) is 3.69. The van der Waals surface area contributed by atoms with Gasteiger partial charge in [-0.3, -0.25) is 4.79 Å². The zero-order valence-electron chi connectivity index (χ0n) is 13.8. The summed E-state index contributed by atoms with van der Waals surface area (Å²) in [6, 6.07) is 9.31. The van der Waals surface area contributed by atoms with Crippen molar-refractivity contribution in [2.45, 2.75) is 13.3 Å². The van der Waals surface area contributed by atoms with E-state index in [-0.39, 0.29) is 11.7 Å². The number of carbonyl (C=O) groups is 1. The lowest BCUT2D eigenvalue weighted by atomic mass is 10.2. The summed E-state index contributed by atoms with van der Waals surface area (Å²) >= 11 is 0. The number of ether oxygens (including phenoxy) is 2. The van der Waals surface area contributed by atoms with Gasteiger partial charge in [-0.2, -0.15) is 0 Å². The van der Waals surface area contributed by atoms with E-state index in [1.54, 1.807) is 13.2 Å². The van der Waals surface area contributed by atoms with Crippen LogP contribution in [0, 0.1) is 0 Å². The molecular weight excluding hydrogens is 308 g/mol. The molecule has 24 heavy (non-hydrogen) atoms. The Morgan fingerprint density at radius 1 is 1.25 bits per heavy atom. The maximum absolute atomic E-state index is 12.1. The number of amides is 1. The normalized spacial score (nSPS) is 11.1. The average molecular weight is 328 g/mol. The van der Waals surface area contributed by atoms with Crippen molar-refractivity contribution in [3.8, 4) is 5.75 Å². The molecule has 0 aliphatic carbocycles. The summed E-state index contributed by atoms with van der Waals surface area (Å²) in [4.78, 5) is 16.6. The van der Waals surface area contributed by atoms with Gasteiger partial charge in [-0.1, -0.05) is 0 Å². The van der Waals surface area contributed by atoms with Gasteiger partial charge in [0.25, 0.3) is 5.91 Å². The summed E-state index contributed by atoms with van der Waals surface area (Å²) in [7, 11) is 1.61. The molecule has 6 heteroatoms. The highest BCUT2D eigenvalue weighted by Gasteiger charge is 2.13. The van der Waals surface area contributed by atoms with Crippen LogP contribution in [0.25, 0.3) is 22.0 Å². The van der Waals surface area contributed by atoms with E-state index in [1.165, 1.54) is 0 Å². The number of rotatable bonds is 7. The SMILES string of the molecule is CCOCCCNC(=O)c1cc2cc3ccc(OC)cc3nc2o1. The molecule has 0 radical (unpaired) electrons. The van der Waals surface area contributed by atoms with Crippen molar-refractivity contribution in [3.63, 3.8) is 0 Å². The van der Waals surface area contributed by atoms with E-state index in [2.05, 4.69) is 10.3 Å².